The summed E-state index contributed by atoms with van der Waals surface area (Å²) in [5, 5.41) is 10.2. The molecular formula is C21H29N3O2S. The summed E-state index contributed by atoms with van der Waals surface area (Å²) in [5.41, 5.74) is 0.991. The van der Waals surface area contributed by atoms with E-state index in [9.17, 15) is 4.79 Å². The van der Waals surface area contributed by atoms with Crippen LogP contribution in [-0.2, 0) is 4.79 Å². The Morgan fingerprint density at radius 1 is 1.19 bits per heavy atom. The van der Waals surface area contributed by atoms with Crippen LogP contribution in [0.2, 0.25) is 0 Å². The number of hydrogen-bond donors (Lipinski definition) is 0. The van der Waals surface area contributed by atoms with Crippen LogP contribution < -0.4 is 9.64 Å². The first-order valence-corrected chi connectivity index (χ1v) is 10.8. The molecule has 1 amide bonds. The Bertz CT molecular complexity index is 736. The second-order valence-electron chi connectivity index (χ2n) is 7.41. The normalized spacial score (nSPS) is 15.1. The van der Waals surface area contributed by atoms with Crippen molar-refractivity contribution in [2.45, 2.75) is 65.3 Å². The summed E-state index contributed by atoms with van der Waals surface area (Å²) in [6, 6.07) is 7.92. The van der Waals surface area contributed by atoms with E-state index in [1.165, 1.54) is 43.4 Å². The van der Waals surface area contributed by atoms with Crippen LogP contribution in [0.3, 0.4) is 0 Å². The molecule has 0 saturated heterocycles. The van der Waals surface area contributed by atoms with Crippen LogP contribution in [0.15, 0.2) is 24.3 Å². The highest BCUT2D eigenvalue weighted by molar-refractivity contribution is 7.18. The van der Waals surface area contributed by atoms with Gasteiger partial charge in [-0.15, -0.1) is 10.2 Å². The number of amides is 1. The molecule has 1 saturated carbocycles. The SMILES string of the molecule is CCOc1ccc(-c2nnc(N(C(=O)CC3CCCCC3)C(C)C)s2)cc1. The fourth-order valence-corrected chi connectivity index (χ4v) is 4.64. The van der Waals surface area contributed by atoms with Gasteiger partial charge in [0.25, 0.3) is 0 Å². The number of benzene rings is 1. The van der Waals surface area contributed by atoms with E-state index in [1.807, 2.05) is 49.9 Å². The fraction of sp³-hybridized carbons (Fsp3) is 0.571. The van der Waals surface area contributed by atoms with Gasteiger partial charge in [-0.05, 0) is 63.8 Å². The number of ether oxygens (including phenoxy) is 1. The second kappa shape index (κ2) is 9.31. The Morgan fingerprint density at radius 3 is 2.52 bits per heavy atom. The Kier molecular flexibility index (Phi) is 6.83. The molecule has 0 aliphatic heterocycles. The number of carbonyl (C=O) groups is 1. The first-order valence-electron chi connectivity index (χ1n) is 9.97. The molecule has 1 aromatic heterocycles. The van der Waals surface area contributed by atoms with Crippen molar-refractivity contribution in [3.8, 4) is 16.3 Å². The van der Waals surface area contributed by atoms with Gasteiger partial charge in [0.05, 0.1) is 6.61 Å². The summed E-state index contributed by atoms with van der Waals surface area (Å²) < 4.78 is 5.49. The Balaban J connectivity index is 1.73. The van der Waals surface area contributed by atoms with E-state index in [0.717, 1.165) is 16.3 Å². The average Bonchev–Trinajstić information content (AvgIpc) is 3.12. The van der Waals surface area contributed by atoms with E-state index in [0.29, 0.717) is 24.1 Å². The van der Waals surface area contributed by atoms with Crippen LogP contribution in [-0.4, -0.2) is 28.8 Å². The third-order valence-electron chi connectivity index (χ3n) is 5.01. The van der Waals surface area contributed by atoms with Crippen molar-refractivity contribution in [2.24, 2.45) is 5.92 Å². The maximum absolute atomic E-state index is 13.0. The Hall–Kier alpha value is -1.95. The number of aromatic nitrogens is 2. The largest absolute Gasteiger partial charge is 0.494 e. The molecule has 5 nitrogen and oxygen atoms in total. The topological polar surface area (TPSA) is 55.3 Å². The number of nitrogens with zero attached hydrogens (tertiary/aromatic N) is 3. The highest BCUT2D eigenvalue weighted by Gasteiger charge is 2.26. The number of anilines is 1. The van der Waals surface area contributed by atoms with E-state index in [-0.39, 0.29) is 11.9 Å². The first-order chi connectivity index (χ1) is 13.1. The van der Waals surface area contributed by atoms with E-state index in [2.05, 4.69) is 10.2 Å². The van der Waals surface area contributed by atoms with Crippen molar-refractivity contribution in [1.82, 2.24) is 10.2 Å². The van der Waals surface area contributed by atoms with Crippen molar-refractivity contribution in [3.63, 3.8) is 0 Å². The van der Waals surface area contributed by atoms with Crippen molar-refractivity contribution in [1.29, 1.82) is 0 Å². The van der Waals surface area contributed by atoms with Crippen molar-refractivity contribution >= 4 is 22.4 Å². The summed E-state index contributed by atoms with van der Waals surface area (Å²) in [5.74, 6) is 1.54. The molecule has 0 N–H and O–H groups in total. The zero-order valence-electron chi connectivity index (χ0n) is 16.5. The van der Waals surface area contributed by atoms with Gasteiger partial charge in [0.15, 0.2) is 0 Å². The lowest BCUT2D eigenvalue weighted by Crippen LogP contribution is -2.38. The molecule has 1 aliphatic rings. The van der Waals surface area contributed by atoms with Gasteiger partial charge in [0.1, 0.15) is 10.8 Å². The Morgan fingerprint density at radius 2 is 1.89 bits per heavy atom. The summed E-state index contributed by atoms with van der Waals surface area (Å²) in [7, 11) is 0. The van der Waals surface area contributed by atoms with Crippen molar-refractivity contribution in [3.05, 3.63) is 24.3 Å². The van der Waals surface area contributed by atoms with Crippen LogP contribution in [0.25, 0.3) is 10.6 Å². The van der Waals surface area contributed by atoms with E-state index >= 15 is 0 Å². The highest BCUT2D eigenvalue weighted by atomic mass is 32.1. The summed E-state index contributed by atoms with van der Waals surface area (Å²) in [6.07, 6.45) is 6.77. The minimum atomic E-state index is 0.0715. The Labute approximate surface area is 165 Å². The predicted octanol–water partition coefficient (Wildman–Crippen LogP) is 5.32. The molecule has 0 spiro atoms. The molecule has 27 heavy (non-hydrogen) atoms. The molecule has 0 bridgehead atoms. The van der Waals surface area contributed by atoms with Gasteiger partial charge in [-0.3, -0.25) is 9.69 Å². The number of carbonyl (C=O) groups excluding carboxylic acids is 1. The molecule has 0 radical (unpaired) electrons. The smallest absolute Gasteiger partial charge is 0.229 e. The van der Waals surface area contributed by atoms with Gasteiger partial charge in [-0.25, -0.2) is 0 Å². The number of rotatable bonds is 7. The minimum absolute atomic E-state index is 0.0715. The predicted molar refractivity (Wildman–Crippen MR) is 110 cm³/mol. The van der Waals surface area contributed by atoms with Crippen molar-refractivity contribution in [2.75, 3.05) is 11.5 Å². The average molecular weight is 388 g/mol. The summed E-state index contributed by atoms with van der Waals surface area (Å²) >= 11 is 1.47. The molecule has 3 rings (SSSR count). The lowest BCUT2D eigenvalue weighted by atomic mass is 9.86. The molecule has 0 atom stereocenters. The highest BCUT2D eigenvalue weighted by Crippen LogP contribution is 2.33. The fourth-order valence-electron chi connectivity index (χ4n) is 3.64. The minimum Gasteiger partial charge on any atom is -0.494 e. The van der Waals surface area contributed by atoms with E-state index < -0.39 is 0 Å². The first kappa shape index (κ1) is 19.8. The molecule has 0 unspecified atom stereocenters. The standard InChI is InChI=1S/C21H29N3O2S/c1-4-26-18-12-10-17(11-13-18)20-22-23-21(27-20)24(15(2)3)19(25)14-16-8-6-5-7-9-16/h10-13,15-16H,4-9,14H2,1-3H3. The van der Waals surface area contributed by atoms with Crippen LogP contribution in [0.4, 0.5) is 5.13 Å². The lowest BCUT2D eigenvalue weighted by molar-refractivity contribution is -0.120. The molecule has 1 aliphatic carbocycles. The van der Waals surface area contributed by atoms with Crippen LogP contribution >= 0.6 is 11.3 Å². The summed E-state index contributed by atoms with van der Waals surface area (Å²) in [4.78, 5) is 14.8. The molecule has 146 valence electrons. The zero-order chi connectivity index (χ0) is 19.2. The molecule has 1 aromatic carbocycles. The lowest BCUT2D eigenvalue weighted by Gasteiger charge is -2.27. The van der Waals surface area contributed by atoms with Gasteiger partial charge >= 0.3 is 0 Å². The number of hydrogen-bond acceptors (Lipinski definition) is 5. The molecular weight excluding hydrogens is 358 g/mol. The molecule has 1 heterocycles. The second-order valence-corrected chi connectivity index (χ2v) is 8.37. The third kappa shape index (κ3) is 5.06. The van der Waals surface area contributed by atoms with Crippen LogP contribution in [0.5, 0.6) is 5.75 Å². The summed E-state index contributed by atoms with van der Waals surface area (Å²) in [6.45, 7) is 6.69. The quantitative estimate of drug-likeness (QED) is 0.645. The van der Waals surface area contributed by atoms with Gasteiger partial charge in [0.2, 0.25) is 11.0 Å². The zero-order valence-corrected chi connectivity index (χ0v) is 17.3. The van der Waals surface area contributed by atoms with Gasteiger partial charge in [-0.2, -0.15) is 0 Å². The van der Waals surface area contributed by atoms with Gasteiger partial charge < -0.3 is 4.74 Å². The van der Waals surface area contributed by atoms with Gasteiger partial charge in [-0.1, -0.05) is 30.6 Å². The van der Waals surface area contributed by atoms with E-state index in [1.54, 1.807) is 0 Å². The molecule has 6 heteroatoms. The van der Waals surface area contributed by atoms with Crippen molar-refractivity contribution < 1.29 is 9.53 Å². The van der Waals surface area contributed by atoms with Gasteiger partial charge in [0, 0.05) is 18.0 Å². The van der Waals surface area contributed by atoms with Crippen LogP contribution in [0, 0.1) is 5.92 Å². The molecule has 1 fully saturated rings. The molecule has 2 aromatic rings. The monoisotopic (exact) mass is 387 g/mol. The maximum Gasteiger partial charge on any atom is 0.229 e. The third-order valence-corrected chi connectivity index (χ3v) is 5.98. The van der Waals surface area contributed by atoms with E-state index in [4.69, 9.17) is 4.74 Å². The van der Waals surface area contributed by atoms with Crippen LogP contribution in [0.1, 0.15) is 59.3 Å². The maximum atomic E-state index is 13.0.